The van der Waals surface area contributed by atoms with Gasteiger partial charge in [0.05, 0.1) is 13.3 Å². The fourth-order valence-corrected chi connectivity index (χ4v) is 2.61. The largest absolute Gasteiger partial charge is 0.497 e. The summed E-state index contributed by atoms with van der Waals surface area (Å²) in [7, 11) is 5.50. The van der Waals surface area contributed by atoms with Crippen LogP contribution in [0.25, 0.3) is 11.3 Å². The van der Waals surface area contributed by atoms with E-state index < -0.39 is 0 Å². The highest BCUT2D eigenvalue weighted by Crippen LogP contribution is 2.23. The van der Waals surface area contributed by atoms with Crippen LogP contribution in [0.15, 0.2) is 53.2 Å². The number of aryl methyl sites for hydroxylation is 1. The van der Waals surface area contributed by atoms with E-state index in [1.807, 2.05) is 55.4 Å². The number of benzene rings is 1. The zero-order valence-electron chi connectivity index (χ0n) is 16.3. The Hall–Kier alpha value is -3.35. The molecule has 0 bridgehead atoms. The lowest BCUT2D eigenvalue weighted by atomic mass is 10.2. The third kappa shape index (κ3) is 5.09. The molecule has 3 rings (SSSR count). The summed E-state index contributed by atoms with van der Waals surface area (Å²) in [6.07, 6.45) is 4.20. The minimum absolute atomic E-state index is 0.0547. The number of nitrogens with one attached hydrogen (secondary N) is 1. The molecule has 146 valence electrons. The van der Waals surface area contributed by atoms with Crippen molar-refractivity contribution in [2.24, 2.45) is 0 Å². The number of hydrogen-bond acceptors (Lipinski definition) is 6. The van der Waals surface area contributed by atoms with Crippen LogP contribution in [0, 0.1) is 0 Å². The molecule has 0 spiro atoms. The van der Waals surface area contributed by atoms with Crippen molar-refractivity contribution in [3.63, 3.8) is 0 Å². The van der Waals surface area contributed by atoms with Crippen LogP contribution in [-0.4, -0.2) is 37.1 Å². The van der Waals surface area contributed by atoms with Crippen molar-refractivity contribution < 1.29 is 13.9 Å². The summed E-state index contributed by atoms with van der Waals surface area (Å²) in [5.41, 5.74) is 1.87. The van der Waals surface area contributed by atoms with Crippen LogP contribution < -0.4 is 15.0 Å². The molecule has 0 fully saturated rings. The summed E-state index contributed by atoms with van der Waals surface area (Å²) in [5, 5.41) is 2.89. The van der Waals surface area contributed by atoms with Gasteiger partial charge in [0, 0.05) is 45.2 Å². The van der Waals surface area contributed by atoms with Crippen LogP contribution in [0.2, 0.25) is 0 Å². The number of amides is 1. The minimum Gasteiger partial charge on any atom is -0.497 e. The first kappa shape index (κ1) is 19.4. The van der Waals surface area contributed by atoms with Gasteiger partial charge in [0.1, 0.15) is 11.6 Å². The molecule has 0 unspecified atom stereocenters. The second kappa shape index (κ2) is 9.03. The van der Waals surface area contributed by atoms with E-state index in [0.29, 0.717) is 31.0 Å². The second-order valence-corrected chi connectivity index (χ2v) is 6.54. The number of carbonyl (C=O) groups excluding carboxylic acids is 1. The Labute approximate surface area is 164 Å². The smallest absolute Gasteiger partial charge is 0.220 e. The van der Waals surface area contributed by atoms with Crippen molar-refractivity contribution in [1.29, 1.82) is 0 Å². The first-order chi connectivity index (χ1) is 13.5. The van der Waals surface area contributed by atoms with Crippen molar-refractivity contribution in [2.45, 2.75) is 19.4 Å². The second-order valence-electron chi connectivity index (χ2n) is 6.54. The van der Waals surface area contributed by atoms with E-state index in [1.54, 1.807) is 19.5 Å². The number of pyridine rings is 1. The number of methoxy groups -OCH3 is 1. The molecule has 0 aliphatic rings. The predicted molar refractivity (Wildman–Crippen MR) is 107 cm³/mol. The maximum Gasteiger partial charge on any atom is 0.220 e. The zero-order chi connectivity index (χ0) is 19.9. The van der Waals surface area contributed by atoms with Gasteiger partial charge in [0.25, 0.3) is 0 Å². The van der Waals surface area contributed by atoms with Gasteiger partial charge < -0.3 is 19.4 Å². The summed E-state index contributed by atoms with van der Waals surface area (Å²) in [4.78, 5) is 22.6. The molecule has 7 heteroatoms. The first-order valence-electron chi connectivity index (χ1n) is 9.03. The van der Waals surface area contributed by atoms with Gasteiger partial charge in [-0.3, -0.25) is 4.79 Å². The topological polar surface area (TPSA) is 80.5 Å². The summed E-state index contributed by atoms with van der Waals surface area (Å²) in [6.45, 7) is 0.447. The molecule has 0 saturated carbocycles. The van der Waals surface area contributed by atoms with Crippen LogP contribution in [0.1, 0.15) is 17.9 Å². The van der Waals surface area contributed by atoms with Crippen molar-refractivity contribution in [1.82, 2.24) is 15.3 Å². The number of aromatic nitrogens is 2. The van der Waals surface area contributed by atoms with Crippen LogP contribution >= 0.6 is 0 Å². The fourth-order valence-electron chi connectivity index (χ4n) is 2.61. The summed E-state index contributed by atoms with van der Waals surface area (Å²) in [6, 6.07) is 11.4. The predicted octanol–water partition coefficient (Wildman–Crippen LogP) is 3.06. The number of oxazole rings is 1. The molecule has 2 aromatic heterocycles. The van der Waals surface area contributed by atoms with Gasteiger partial charge in [0.2, 0.25) is 5.91 Å². The molecule has 7 nitrogen and oxygen atoms in total. The molecule has 0 atom stereocenters. The van der Waals surface area contributed by atoms with Crippen LogP contribution in [0.4, 0.5) is 5.82 Å². The molecule has 1 N–H and O–H groups in total. The van der Waals surface area contributed by atoms with Crippen molar-refractivity contribution in [2.75, 3.05) is 26.1 Å². The zero-order valence-corrected chi connectivity index (χ0v) is 16.3. The Morgan fingerprint density at radius 3 is 2.54 bits per heavy atom. The van der Waals surface area contributed by atoms with E-state index >= 15 is 0 Å². The molecule has 0 saturated heterocycles. The fraction of sp³-hybridized carbons (Fsp3) is 0.286. The lowest BCUT2D eigenvalue weighted by Crippen LogP contribution is -2.23. The van der Waals surface area contributed by atoms with Gasteiger partial charge in [0.15, 0.2) is 11.7 Å². The SMILES string of the molecule is COc1ccc(-c2cnc(CCC(=O)NCc3ccc(N(C)C)nc3)o2)cc1. The number of anilines is 1. The minimum atomic E-state index is -0.0547. The molecule has 1 amide bonds. The number of carbonyl (C=O) groups is 1. The number of hydrogen-bond donors (Lipinski definition) is 1. The average molecular weight is 380 g/mol. The van der Waals surface area contributed by atoms with E-state index in [0.717, 1.165) is 22.7 Å². The Balaban J connectivity index is 1.47. The summed E-state index contributed by atoms with van der Waals surface area (Å²) >= 11 is 0. The highest BCUT2D eigenvalue weighted by atomic mass is 16.5. The quantitative estimate of drug-likeness (QED) is 0.647. The molecule has 3 aromatic rings. The van der Waals surface area contributed by atoms with E-state index in [2.05, 4.69) is 15.3 Å². The third-order valence-electron chi connectivity index (χ3n) is 4.25. The Kier molecular flexibility index (Phi) is 6.26. The first-order valence-corrected chi connectivity index (χ1v) is 9.03. The van der Waals surface area contributed by atoms with E-state index in [-0.39, 0.29) is 5.91 Å². The molecule has 2 heterocycles. The maximum absolute atomic E-state index is 12.1. The van der Waals surface area contributed by atoms with Gasteiger partial charge in [-0.05, 0) is 35.9 Å². The molecule has 0 aliphatic heterocycles. The van der Waals surface area contributed by atoms with Crippen molar-refractivity contribution in [3.05, 3.63) is 60.2 Å². The van der Waals surface area contributed by atoms with Gasteiger partial charge >= 0.3 is 0 Å². The van der Waals surface area contributed by atoms with Crippen molar-refractivity contribution in [3.8, 4) is 17.1 Å². The normalized spacial score (nSPS) is 10.5. The lowest BCUT2D eigenvalue weighted by Gasteiger charge is -2.11. The molecule has 0 radical (unpaired) electrons. The highest BCUT2D eigenvalue weighted by molar-refractivity contribution is 5.76. The van der Waals surface area contributed by atoms with Crippen LogP contribution in [-0.2, 0) is 17.8 Å². The standard InChI is InChI=1S/C21H24N4O3/c1-25(2)19-9-4-15(12-22-19)13-23-20(26)10-11-21-24-14-18(28-21)16-5-7-17(27-3)8-6-16/h4-9,12,14H,10-11,13H2,1-3H3,(H,23,26). The number of rotatable bonds is 8. The van der Waals surface area contributed by atoms with Crippen molar-refractivity contribution >= 4 is 11.7 Å². The Bertz CT molecular complexity index is 902. The number of nitrogens with zero attached hydrogens (tertiary/aromatic N) is 3. The average Bonchev–Trinajstić information content (AvgIpc) is 3.20. The molecule has 0 aliphatic carbocycles. The maximum atomic E-state index is 12.1. The highest BCUT2D eigenvalue weighted by Gasteiger charge is 2.09. The van der Waals surface area contributed by atoms with E-state index in [9.17, 15) is 4.79 Å². The monoisotopic (exact) mass is 380 g/mol. The number of ether oxygens (including phenoxy) is 1. The van der Waals surface area contributed by atoms with Crippen LogP contribution in [0.5, 0.6) is 5.75 Å². The molecule has 1 aromatic carbocycles. The van der Waals surface area contributed by atoms with Gasteiger partial charge in [-0.15, -0.1) is 0 Å². The Morgan fingerprint density at radius 1 is 1.11 bits per heavy atom. The van der Waals surface area contributed by atoms with E-state index in [4.69, 9.17) is 9.15 Å². The summed E-state index contributed by atoms with van der Waals surface area (Å²) < 4.78 is 10.9. The Morgan fingerprint density at radius 2 is 1.89 bits per heavy atom. The molecular formula is C21H24N4O3. The lowest BCUT2D eigenvalue weighted by molar-refractivity contribution is -0.121. The van der Waals surface area contributed by atoms with Gasteiger partial charge in [-0.25, -0.2) is 9.97 Å². The molecular weight excluding hydrogens is 356 g/mol. The van der Waals surface area contributed by atoms with E-state index in [1.165, 1.54) is 0 Å². The van der Waals surface area contributed by atoms with Gasteiger partial charge in [-0.1, -0.05) is 6.07 Å². The van der Waals surface area contributed by atoms with Gasteiger partial charge in [-0.2, -0.15) is 0 Å². The third-order valence-corrected chi connectivity index (χ3v) is 4.25. The summed E-state index contributed by atoms with van der Waals surface area (Å²) in [5.74, 6) is 2.82. The molecule has 28 heavy (non-hydrogen) atoms. The van der Waals surface area contributed by atoms with Crippen LogP contribution in [0.3, 0.4) is 0 Å².